The Bertz CT molecular complexity index is 397. The molecule has 0 bridgehead atoms. The normalized spacial score (nSPS) is 18.9. The van der Waals surface area contributed by atoms with Gasteiger partial charge in [-0.2, -0.15) is 0 Å². The number of hydrogen-bond donors (Lipinski definition) is 2. The van der Waals surface area contributed by atoms with Crippen LogP contribution in [-0.2, 0) is 4.79 Å². The molecule has 2 N–H and O–H groups in total. The molecule has 1 aromatic rings. The highest BCUT2D eigenvalue weighted by molar-refractivity contribution is 7.13. The monoisotopic (exact) mass is 254 g/mol. The van der Waals surface area contributed by atoms with Crippen LogP contribution in [0.25, 0.3) is 0 Å². The fourth-order valence-corrected chi connectivity index (χ4v) is 3.31. The molecule has 0 aliphatic heterocycles. The second kappa shape index (κ2) is 5.04. The summed E-state index contributed by atoms with van der Waals surface area (Å²) in [6.45, 7) is 1.95. The summed E-state index contributed by atoms with van der Waals surface area (Å²) < 4.78 is 0. The number of aryl methyl sites for hydroxylation is 1. The van der Waals surface area contributed by atoms with Crippen LogP contribution in [0.1, 0.15) is 44.2 Å². The first kappa shape index (κ1) is 12.4. The number of nitrogens with zero attached hydrogens (tertiary/aromatic N) is 1. The van der Waals surface area contributed by atoms with E-state index < -0.39 is 5.97 Å². The van der Waals surface area contributed by atoms with E-state index in [4.69, 9.17) is 5.11 Å². The summed E-state index contributed by atoms with van der Waals surface area (Å²) in [5, 5.41) is 15.3. The summed E-state index contributed by atoms with van der Waals surface area (Å²) in [5.41, 5.74) is 0.702. The molecule has 4 nitrogen and oxygen atoms in total. The summed E-state index contributed by atoms with van der Waals surface area (Å²) in [6.07, 6.45) is 5.46. The molecule has 0 unspecified atom stereocenters. The highest BCUT2D eigenvalue weighted by atomic mass is 32.1. The van der Waals surface area contributed by atoms with Crippen LogP contribution < -0.4 is 5.32 Å². The minimum atomic E-state index is -0.729. The maximum Gasteiger partial charge on any atom is 0.305 e. The number of anilines is 1. The van der Waals surface area contributed by atoms with Crippen LogP contribution in [0.3, 0.4) is 0 Å². The molecule has 1 aliphatic rings. The Kier molecular flexibility index (Phi) is 3.66. The van der Waals surface area contributed by atoms with Crippen molar-refractivity contribution in [3.8, 4) is 0 Å². The molecule has 17 heavy (non-hydrogen) atoms. The van der Waals surface area contributed by atoms with Crippen molar-refractivity contribution in [2.45, 2.75) is 51.0 Å². The number of carbonyl (C=O) groups is 1. The van der Waals surface area contributed by atoms with Gasteiger partial charge in [0.2, 0.25) is 0 Å². The third kappa shape index (κ3) is 3.19. The first-order chi connectivity index (χ1) is 8.10. The van der Waals surface area contributed by atoms with E-state index in [1.54, 1.807) is 11.3 Å². The number of carboxylic acids is 1. The first-order valence-corrected chi connectivity index (χ1v) is 6.90. The molecule has 5 heteroatoms. The van der Waals surface area contributed by atoms with E-state index in [2.05, 4.69) is 10.3 Å². The SMILES string of the molecule is Cc1csc(NC2(CC(=O)O)CCCCC2)n1. The van der Waals surface area contributed by atoms with Crippen molar-refractivity contribution in [1.82, 2.24) is 4.98 Å². The zero-order valence-corrected chi connectivity index (χ0v) is 10.8. The number of rotatable bonds is 4. The lowest BCUT2D eigenvalue weighted by Crippen LogP contribution is -2.42. The highest BCUT2D eigenvalue weighted by Crippen LogP contribution is 2.35. The molecule has 1 fully saturated rings. The summed E-state index contributed by atoms with van der Waals surface area (Å²) in [4.78, 5) is 15.4. The van der Waals surface area contributed by atoms with Crippen LogP contribution in [0.5, 0.6) is 0 Å². The smallest absolute Gasteiger partial charge is 0.305 e. The molecule has 1 aromatic heterocycles. The lowest BCUT2D eigenvalue weighted by Gasteiger charge is -2.36. The minimum absolute atomic E-state index is 0.186. The van der Waals surface area contributed by atoms with Crippen LogP contribution in [-0.4, -0.2) is 21.6 Å². The van der Waals surface area contributed by atoms with Gasteiger partial charge in [0, 0.05) is 10.9 Å². The van der Waals surface area contributed by atoms with Gasteiger partial charge in [-0.1, -0.05) is 19.3 Å². The molecule has 0 saturated heterocycles. The van der Waals surface area contributed by atoms with E-state index in [9.17, 15) is 4.79 Å². The number of aromatic nitrogens is 1. The summed E-state index contributed by atoms with van der Waals surface area (Å²) in [7, 11) is 0. The molecule has 1 saturated carbocycles. The number of carboxylic acid groups (broad SMARTS) is 1. The van der Waals surface area contributed by atoms with Gasteiger partial charge in [0.25, 0.3) is 0 Å². The quantitative estimate of drug-likeness (QED) is 0.867. The van der Waals surface area contributed by atoms with Crippen LogP contribution >= 0.6 is 11.3 Å². The highest BCUT2D eigenvalue weighted by Gasteiger charge is 2.34. The average molecular weight is 254 g/mol. The largest absolute Gasteiger partial charge is 0.481 e. The average Bonchev–Trinajstić information content (AvgIpc) is 2.63. The van der Waals surface area contributed by atoms with Gasteiger partial charge in [0.1, 0.15) is 0 Å². The molecular formula is C12H18N2O2S. The fourth-order valence-electron chi connectivity index (χ4n) is 2.50. The molecule has 0 aromatic carbocycles. The lowest BCUT2D eigenvalue weighted by molar-refractivity contribution is -0.138. The third-order valence-corrected chi connectivity index (χ3v) is 4.17. The maximum absolute atomic E-state index is 11.0. The Morgan fingerprint density at radius 2 is 2.24 bits per heavy atom. The van der Waals surface area contributed by atoms with E-state index in [0.29, 0.717) is 0 Å². The second-order valence-corrected chi connectivity index (χ2v) is 5.69. The molecule has 0 atom stereocenters. The van der Waals surface area contributed by atoms with E-state index in [-0.39, 0.29) is 12.0 Å². The van der Waals surface area contributed by atoms with Crippen molar-refractivity contribution < 1.29 is 9.90 Å². The lowest BCUT2D eigenvalue weighted by atomic mass is 9.79. The molecule has 94 valence electrons. The van der Waals surface area contributed by atoms with Crippen LogP contribution in [0.4, 0.5) is 5.13 Å². The summed E-state index contributed by atoms with van der Waals surface area (Å²) >= 11 is 1.55. The Morgan fingerprint density at radius 3 is 2.76 bits per heavy atom. The number of aliphatic carboxylic acids is 1. The van der Waals surface area contributed by atoms with Crippen molar-refractivity contribution >= 4 is 22.4 Å². The number of thiazole rings is 1. The van der Waals surface area contributed by atoms with Gasteiger partial charge in [-0.3, -0.25) is 4.79 Å². The fraction of sp³-hybridized carbons (Fsp3) is 0.667. The van der Waals surface area contributed by atoms with Crippen molar-refractivity contribution in [2.75, 3.05) is 5.32 Å². The van der Waals surface area contributed by atoms with Gasteiger partial charge in [-0.05, 0) is 19.8 Å². The Labute approximate surface area is 105 Å². The Morgan fingerprint density at radius 1 is 1.53 bits per heavy atom. The topological polar surface area (TPSA) is 62.2 Å². The predicted molar refractivity (Wildman–Crippen MR) is 68.5 cm³/mol. The third-order valence-electron chi connectivity index (χ3n) is 3.29. The van der Waals surface area contributed by atoms with Crippen molar-refractivity contribution in [3.63, 3.8) is 0 Å². The molecular weight excluding hydrogens is 236 g/mol. The molecule has 0 spiro atoms. The van der Waals surface area contributed by atoms with E-state index in [1.165, 1.54) is 6.42 Å². The van der Waals surface area contributed by atoms with Crippen molar-refractivity contribution in [3.05, 3.63) is 11.1 Å². The van der Waals surface area contributed by atoms with Crippen LogP contribution in [0, 0.1) is 6.92 Å². The van der Waals surface area contributed by atoms with Gasteiger partial charge >= 0.3 is 5.97 Å². The molecule has 0 amide bonds. The van der Waals surface area contributed by atoms with E-state index >= 15 is 0 Å². The number of nitrogens with one attached hydrogen (secondary N) is 1. The maximum atomic E-state index is 11.0. The Balaban J connectivity index is 2.12. The van der Waals surface area contributed by atoms with Gasteiger partial charge in [0.15, 0.2) is 5.13 Å². The van der Waals surface area contributed by atoms with Gasteiger partial charge in [0.05, 0.1) is 12.1 Å². The van der Waals surface area contributed by atoms with Gasteiger partial charge in [-0.25, -0.2) is 4.98 Å². The van der Waals surface area contributed by atoms with Crippen LogP contribution in [0.2, 0.25) is 0 Å². The zero-order chi connectivity index (χ0) is 12.3. The minimum Gasteiger partial charge on any atom is -0.481 e. The summed E-state index contributed by atoms with van der Waals surface area (Å²) in [5.74, 6) is -0.729. The zero-order valence-electron chi connectivity index (χ0n) is 10.0. The van der Waals surface area contributed by atoms with Gasteiger partial charge < -0.3 is 10.4 Å². The van der Waals surface area contributed by atoms with E-state index in [0.717, 1.165) is 36.5 Å². The van der Waals surface area contributed by atoms with E-state index in [1.807, 2.05) is 12.3 Å². The molecule has 2 rings (SSSR count). The molecule has 1 heterocycles. The number of hydrogen-bond acceptors (Lipinski definition) is 4. The summed E-state index contributed by atoms with van der Waals surface area (Å²) in [6, 6.07) is 0. The first-order valence-electron chi connectivity index (χ1n) is 6.02. The van der Waals surface area contributed by atoms with Gasteiger partial charge in [-0.15, -0.1) is 11.3 Å². The Hall–Kier alpha value is -1.10. The second-order valence-electron chi connectivity index (χ2n) is 4.83. The van der Waals surface area contributed by atoms with Crippen LogP contribution in [0.15, 0.2) is 5.38 Å². The van der Waals surface area contributed by atoms with Crippen molar-refractivity contribution in [1.29, 1.82) is 0 Å². The van der Waals surface area contributed by atoms with Crippen molar-refractivity contribution in [2.24, 2.45) is 0 Å². The predicted octanol–water partition coefficient (Wildman–Crippen LogP) is 3.04. The molecule has 1 aliphatic carbocycles. The standard InChI is InChI=1S/C12H18N2O2S/c1-9-8-17-11(13-9)14-12(7-10(15)16)5-3-2-4-6-12/h8H,2-7H2,1H3,(H,13,14)(H,15,16). The molecule has 0 radical (unpaired) electrons.